The molecule has 0 bridgehead atoms. The Hall–Kier alpha value is -1.98. The zero-order chi connectivity index (χ0) is 9.14. The van der Waals surface area contributed by atoms with Gasteiger partial charge in [0.1, 0.15) is 0 Å². The summed E-state index contributed by atoms with van der Waals surface area (Å²) in [7, 11) is 0. The predicted molar refractivity (Wildman–Crippen MR) is 40.1 cm³/mol. The van der Waals surface area contributed by atoms with E-state index in [-0.39, 0.29) is 13.0 Å². The first-order chi connectivity index (χ1) is 5.61. The summed E-state index contributed by atoms with van der Waals surface area (Å²) < 4.78 is 0. The van der Waals surface area contributed by atoms with Crippen molar-refractivity contribution in [2.75, 3.05) is 0 Å². The lowest BCUT2D eigenvalue weighted by atomic mass is 10.2. The maximum absolute atomic E-state index is 10.3. The van der Waals surface area contributed by atoms with Crippen LogP contribution in [0.2, 0.25) is 0 Å². The number of nitrogens with zero attached hydrogens (tertiary/aromatic N) is 2. The van der Waals surface area contributed by atoms with E-state index in [1.54, 1.807) is 0 Å². The third kappa shape index (κ3) is 2.51. The summed E-state index contributed by atoms with van der Waals surface area (Å²) in [5.41, 5.74) is -0.723. The maximum Gasteiger partial charge on any atom is 0.356 e. The number of rotatable bonds is 2. The molecule has 0 aliphatic heterocycles. The Kier molecular flexibility index (Phi) is 3.52. The lowest BCUT2D eigenvalue weighted by Crippen LogP contribution is -2.23. The van der Waals surface area contributed by atoms with Crippen LogP contribution in [-0.2, 0) is 0 Å². The summed E-state index contributed by atoms with van der Waals surface area (Å²) in [5.74, 6) is -2.81. The fraction of sp³-hybridized carbons (Fsp3) is 0.143. The highest BCUT2D eigenvalue weighted by atomic mass is 16.4. The second kappa shape index (κ2) is 4.15. The van der Waals surface area contributed by atoms with Gasteiger partial charge in [-0.1, -0.05) is 7.43 Å². The normalized spacial score (nSPS) is 8.62. The molecule has 1 N–H and O–H groups in total. The van der Waals surface area contributed by atoms with E-state index in [4.69, 9.17) is 5.11 Å². The van der Waals surface area contributed by atoms with Crippen LogP contribution in [0.15, 0.2) is 12.3 Å². The molecule has 0 radical (unpaired) electrons. The lowest BCUT2D eigenvalue weighted by Gasteiger charge is -1.99. The van der Waals surface area contributed by atoms with Gasteiger partial charge in [0, 0.05) is 5.56 Å². The van der Waals surface area contributed by atoms with Crippen LogP contribution in [0.25, 0.3) is 0 Å². The van der Waals surface area contributed by atoms with Crippen molar-refractivity contribution < 1.29 is 19.8 Å². The van der Waals surface area contributed by atoms with Gasteiger partial charge in [-0.3, -0.25) is 0 Å². The van der Waals surface area contributed by atoms with Gasteiger partial charge in [-0.15, -0.1) is 5.10 Å². The smallest absolute Gasteiger partial charge is 0.356 e. The zero-order valence-corrected chi connectivity index (χ0v) is 5.72. The molecule has 6 nitrogen and oxygen atoms in total. The molecule has 1 heterocycles. The van der Waals surface area contributed by atoms with Crippen LogP contribution in [0.1, 0.15) is 28.3 Å². The van der Waals surface area contributed by atoms with E-state index in [1.807, 2.05) is 0 Å². The fourth-order valence-electron chi connectivity index (χ4n) is 0.583. The third-order valence-corrected chi connectivity index (χ3v) is 1.11. The molecule has 0 spiro atoms. The van der Waals surface area contributed by atoms with Crippen molar-refractivity contribution >= 4 is 11.9 Å². The summed E-state index contributed by atoms with van der Waals surface area (Å²) in [5, 5.41) is 24.9. The minimum Gasteiger partial charge on any atom is -0.545 e. The molecule has 1 aromatic heterocycles. The Labute approximate surface area is 73.9 Å². The molecule has 1 rings (SSSR count). The van der Waals surface area contributed by atoms with Gasteiger partial charge >= 0.3 is 5.97 Å². The number of carboxylic acid groups (broad SMARTS) is 2. The molecule has 0 amide bonds. The van der Waals surface area contributed by atoms with E-state index in [0.29, 0.717) is 0 Å². The summed E-state index contributed by atoms with van der Waals surface area (Å²) >= 11 is 0. The maximum atomic E-state index is 10.3. The van der Waals surface area contributed by atoms with E-state index in [0.717, 1.165) is 12.3 Å². The van der Waals surface area contributed by atoms with E-state index >= 15 is 0 Å². The number of hydrogen-bond donors (Lipinski definition) is 1. The van der Waals surface area contributed by atoms with E-state index < -0.39 is 17.6 Å². The molecule has 0 saturated carbocycles. The van der Waals surface area contributed by atoms with Gasteiger partial charge in [0.05, 0.1) is 12.2 Å². The molecule has 0 atom stereocenters. The average Bonchev–Trinajstić information content (AvgIpc) is 2.04. The van der Waals surface area contributed by atoms with Crippen LogP contribution < -0.4 is 5.11 Å². The molecule has 0 aliphatic rings. The molecule has 0 saturated heterocycles. The van der Waals surface area contributed by atoms with Crippen LogP contribution in [0.5, 0.6) is 0 Å². The standard InChI is InChI=1S/C6H4N2O4.CH4/c9-5(10)3-1-4(6(11)12)8-7-2-3;/h1-2H,(H,9,10)(H,11,12);1H4/p-1. The number of hydrogen-bond acceptors (Lipinski definition) is 5. The van der Waals surface area contributed by atoms with Crippen molar-refractivity contribution in [3.63, 3.8) is 0 Å². The van der Waals surface area contributed by atoms with Crippen LogP contribution in [-0.4, -0.2) is 27.2 Å². The van der Waals surface area contributed by atoms with Gasteiger partial charge in [0.15, 0.2) is 5.69 Å². The molecule has 70 valence electrons. The largest absolute Gasteiger partial charge is 0.545 e. The molecule has 1 aromatic rings. The highest BCUT2D eigenvalue weighted by Crippen LogP contribution is 1.97. The number of carbonyl (C=O) groups is 2. The Bertz CT molecular complexity index is 308. The average molecular weight is 183 g/mol. The van der Waals surface area contributed by atoms with Crippen LogP contribution in [0, 0.1) is 0 Å². The van der Waals surface area contributed by atoms with E-state index in [9.17, 15) is 14.7 Å². The SMILES string of the molecule is C.O=C([O-])c1cnnc(C(=O)O)c1. The van der Waals surface area contributed by atoms with Crippen LogP contribution >= 0.6 is 0 Å². The van der Waals surface area contributed by atoms with Crippen molar-refractivity contribution in [1.29, 1.82) is 0 Å². The Morgan fingerprint density at radius 1 is 1.46 bits per heavy atom. The third-order valence-electron chi connectivity index (χ3n) is 1.11. The number of aromatic carboxylic acids is 2. The van der Waals surface area contributed by atoms with Gasteiger partial charge in [0.25, 0.3) is 0 Å². The molecule has 6 heteroatoms. The number of carboxylic acids is 2. The molecule has 0 unspecified atom stereocenters. The Morgan fingerprint density at radius 3 is 2.54 bits per heavy atom. The van der Waals surface area contributed by atoms with Crippen LogP contribution in [0.3, 0.4) is 0 Å². The summed E-state index contributed by atoms with van der Waals surface area (Å²) in [6.45, 7) is 0. The van der Waals surface area contributed by atoms with Gasteiger partial charge < -0.3 is 15.0 Å². The monoisotopic (exact) mass is 183 g/mol. The Morgan fingerprint density at radius 2 is 2.08 bits per heavy atom. The van der Waals surface area contributed by atoms with Crippen molar-refractivity contribution in [1.82, 2.24) is 10.2 Å². The molecular weight excluding hydrogens is 176 g/mol. The van der Waals surface area contributed by atoms with Gasteiger partial charge in [-0.25, -0.2) is 4.79 Å². The molecule has 0 fully saturated rings. The fourth-order valence-corrected chi connectivity index (χ4v) is 0.583. The van der Waals surface area contributed by atoms with E-state index in [2.05, 4.69) is 10.2 Å². The number of carbonyl (C=O) groups excluding carboxylic acids is 1. The number of aromatic nitrogens is 2. The minimum absolute atomic E-state index is 0. The topological polar surface area (TPSA) is 103 Å². The summed E-state index contributed by atoms with van der Waals surface area (Å²) in [4.78, 5) is 20.5. The van der Waals surface area contributed by atoms with Crippen molar-refractivity contribution in [2.24, 2.45) is 0 Å². The molecule has 13 heavy (non-hydrogen) atoms. The van der Waals surface area contributed by atoms with Gasteiger partial charge in [-0.2, -0.15) is 5.10 Å². The minimum atomic E-state index is -1.48. The van der Waals surface area contributed by atoms with Crippen LogP contribution in [0.4, 0.5) is 0 Å². The second-order valence-electron chi connectivity index (χ2n) is 1.92. The molecular formula is C7H7N2O4-. The first-order valence-corrected chi connectivity index (χ1v) is 2.88. The first-order valence-electron chi connectivity index (χ1n) is 2.88. The first kappa shape index (κ1) is 11.0. The van der Waals surface area contributed by atoms with Crippen molar-refractivity contribution in [3.8, 4) is 0 Å². The predicted octanol–water partition coefficient (Wildman–Crippen LogP) is -0.826. The molecule has 0 aromatic carbocycles. The molecule has 0 aliphatic carbocycles. The quantitative estimate of drug-likeness (QED) is 0.642. The highest BCUT2D eigenvalue weighted by molar-refractivity contribution is 5.90. The summed E-state index contributed by atoms with van der Waals surface area (Å²) in [6.07, 6.45) is 0.918. The lowest BCUT2D eigenvalue weighted by molar-refractivity contribution is -0.255. The van der Waals surface area contributed by atoms with Crippen molar-refractivity contribution in [3.05, 3.63) is 23.5 Å². The Balaban J connectivity index is 0.00000144. The van der Waals surface area contributed by atoms with Crippen molar-refractivity contribution in [2.45, 2.75) is 7.43 Å². The van der Waals surface area contributed by atoms with E-state index in [1.165, 1.54) is 0 Å². The van der Waals surface area contributed by atoms with Gasteiger partial charge in [0.2, 0.25) is 0 Å². The second-order valence-corrected chi connectivity index (χ2v) is 1.92. The summed E-state index contributed by atoms with van der Waals surface area (Å²) in [6, 6.07) is 0.880. The highest BCUT2D eigenvalue weighted by Gasteiger charge is 2.05. The van der Waals surface area contributed by atoms with Gasteiger partial charge in [-0.05, 0) is 6.07 Å². The zero-order valence-electron chi connectivity index (χ0n) is 5.72.